The Labute approximate surface area is 152 Å². The van der Waals surface area contributed by atoms with Crippen LogP contribution in [0.2, 0.25) is 0 Å². The lowest BCUT2D eigenvalue weighted by Crippen LogP contribution is -2.62. The lowest BCUT2D eigenvalue weighted by molar-refractivity contribution is -0.145. The highest BCUT2D eigenvalue weighted by molar-refractivity contribution is 5.07. The van der Waals surface area contributed by atoms with E-state index in [9.17, 15) is 25.5 Å². The zero-order valence-electron chi connectivity index (χ0n) is 15.0. The van der Waals surface area contributed by atoms with Gasteiger partial charge in [0.05, 0.1) is 24.9 Å². The van der Waals surface area contributed by atoms with Gasteiger partial charge in [-0.3, -0.25) is 9.58 Å². The van der Waals surface area contributed by atoms with Crippen molar-refractivity contribution >= 4 is 0 Å². The number of hydrogen-bond acceptors (Lipinski definition) is 8. The molecule has 0 radical (unpaired) electrons. The van der Waals surface area contributed by atoms with Crippen molar-refractivity contribution in [3.63, 3.8) is 0 Å². The number of aryl methyl sites for hydroxylation is 1. The van der Waals surface area contributed by atoms with Crippen molar-refractivity contribution in [2.75, 3.05) is 19.7 Å². The van der Waals surface area contributed by atoms with Gasteiger partial charge in [-0.25, -0.2) is 0 Å². The monoisotopic (exact) mass is 370 g/mol. The van der Waals surface area contributed by atoms with E-state index >= 15 is 0 Å². The second-order valence-corrected chi connectivity index (χ2v) is 7.61. The topological polar surface area (TPSA) is 135 Å². The van der Waals surface area contributed by atoms with Crippen molar-refractivity contribution in [2.24, 2.45) is 0 Å². The van der Waals surface area contributed by atoms with Gasteiger partial charge in [0, 0.05) is 19.6 Å². The number of nitrogens with zero attached hydrogens (tertiary/aromatic N) is 4. The Morgan fingerprint density at radius 2 is 1.81 bits per heavy atom. The number of rotatable bonds is 6. The molecule has 9 heteroatoms. The molecule has 148 valence electrons. The summed E-state index contributed by atoms with van der Waals surface area (Å²) in [6.45, 7) is 1.02. The van der Waals surface area contributed by atoms with Crippen molar-refractivity contribution in [1.29, 1.82) is 0 Å². The third kappa shape index (κ3) is 4.08. The summed E-state index contributed by atoms with van der Waals surface area (Å²) in [6, 6.07) is -0.595. The smallest absolute Gasteiger partial charge is 0.114 e. The van der Waals surface area contributed by atoms with E-state index in [0.717, 1.165) is 32.1 Å². The molecule has 2 heterocycles. The number of aliphatic hydroxyl groups excluding tert-OH is 4. The second-order valence-electron chi connectivity index (χ2n) is 7.61. The van der Waals surface area contributed by atoms with Crippen LogP contribution in [-0.2, 0) is 12.1 Å². The average molecular weight is 370 g/mol. The number of likely N-dealkylation sites (tertiary alicyclic amines) is 1. The third-order valence-corrected chi connectivity index (χ3v) is 5.74. The summed E-state index contributed by atoms with van der Waals surface area (Å²) in [6.07, 6.45) is 3.59. The molecule has 0 bridgehead atoms. The molecule has 0 unspecified atom stereocenters. The molecule has 1 saturated heterocycles. The zero-order chi connectivity index (χ0) is 18.7. The fourth-order valence-electron chi connectivity index (χ4n) is 4.08. The summed E-state index contributed by atoms with van der Waals surface area (Å²) < 4.78 is 1.70. The predicted octanol–water partition coefficient (Wildman–Crippen LogP) is -1.42. The van der Waals surface area contributed by atoms with E-state index in [0.29, 0.717) is 25.2 Å². The largest absolute Gasteiger partial charge is 0.395 e. The van der Waals surface area contributed by atoms with Crippen LogP contribution in [0.25, 0.3) is 0 Å². The van der Waals surface area contributed by atoms with Crippen LogP contribution in [0.5, 0.6) is 0 Å². The van der Waals surface area contributed by atoms with Crippen molar-refractivity contribution < 1.29 is 25.5 Å². The first kappa shape index (κ1) is 19.7. The molecule has 3 rings (SSSR count). The quantitative estimate of drug-likeness (QED) is 0.412. The Hall–Kier alpha value is -1.10. The molecule has 1 saturated carbocycles. The van der Waals surface area contributed by atoms with Gasteiger partial charge < -0.3 is 25.5 Å². The van der Waals surface area contributed by atoms with Gasteiger partial charge in [-0.15, -0.1) is 5.10 Å². The molecule has 0 amide bonds. The Morgan fingerprint density at radius 3 is 2.50 bits per heavy atom. The molecule has 5 N–H and O–H groups in total. The first-order chi connectivity index (χ1) is 12.4. The van der Waals surface area contributed by atoms with Crippen molar-refractivity contribution in [2.45, 2.75) is 75.0 Å². The molecule has 0 spiro atoms. The van der Waals surface area contributed by atoms with Crippen LogP contribution in [-0.4, -0.2) is 89.5 Å². The molecule has 1 aromatic heterocycles. The van der Waals surface area contributed by atoms with Crippen LogP contribution in [0.15, 0.2) is 6.20 Å². The Morgan fingerprint density at radius 1 is 1.08 bits per heavy atom. The van der Waals surface area contributed by atoms with E-state index < -0.39 is 30.0 Å². The molecule has 1 aliphatic heterocycles. The molecule has 26 heavy (non-hydrogen) atoms. The van der Waals surface area contributed by atoms with Gasteiger partial charge in [0.25, 0.3) is 0 Å². The summed E-state index contributed by atoms with van der Waals surface area (Å²) in [7, 11) is 0. The fourth-order valence-corrected chi connectivity index (χ4v) is 4.08. The molecule has 2 aliphatic rings. The summed E-state index contributed by atoms with van der Waals surface area (Å²) in [5.74, 6) is 0. The molecule has 1 aliphatic carbocycles. The van der Waals surface area contributed by atoms with Gasteiger partial charge >= 0.3 is 0 Å². The van der Waals surface area contributed by atoms with Gasteiger partial charge in [0.1, 0.15) is 23.5 Å². The maximum Gasteiger partial charge on any atom is 0.114 e. The van der Waals surface area contributed by atoms with Crippen molar-refractivity contribution in [3.8, 4) is 0 Å². The third-order valence-electron chi connectivity index (χ3n) is 5.74. The highest BCUT2D eigenvalue weighted by atomic mass is 16.4. The van der Waals surface area contributed by atoms with Crippen molar-refractivity contribution in [1.82, 2.24) is 19.9 Å². The molecule has 4 atom stereocenters. The first-order valence-electron chi connectivity index (χ1n) is 9.47. The van der Waals surface area contributed by atoms with Crippen LogP contribution in [0, 0.1) is 0 Å². The number of β-amino-alcohol motifs (C(OH)–C–C–N with tert-alkyl or cyclic N) is 1. The van der Waals surface area contributed by atoms with Gasteiger partial charge in [-0.1, -0.05) is 24.5 Å². The molecule has 9 nitrogen and oxygen atoms in total. The van der Waals surface area contributed by atoms with E-state index in [2.05, 4.69) is 10.3 Å². The zero-order valence-corrected chi connectivity index (χ0v) is 15.0. The molecular formula is C17H30N4O5. The van der Waals surface area contributed by atoms with E-state index in [-0.39, 0.29) is 13.2 Å². The highest BCUT2D eigenvalue weighted by Gasteiger charge is 2.40. The van der Waals surface area contributed by atoms with Crippen LogP contribution < -0.4 is 0 Å². The SMILES string of the molecule is OC[C@@H]1[C@@H](O)[C@H](O)[C@@H](O)CN1CCCn1cc(C2(O)CCCCC2)nn1. The molecule has 1 aromatic rings. The fraction of sp³-hybridized carbons (Fsp3) is 0.882. The number of aromatic nitrogens is 3. The van der Waals surface area contributed by atoms with E-state index in [1.165, 1.54) is 0 Å². The molecule has 2 fully saturated rings. The Balaban J connectivity index is 1.53. The summed E-state index contributed by atoms with van der Waals surface area (Å²) in [5, 5.41) is 58.0. The van der Waals surface area contributed by atoms with Gasteiger partial charge in [0.15, 0.2) is 0 Å². The molecular weight excluding hydrogens is 340 g/mol. The Kier molecular flexibility index (Phi) is 6.26. The summed E-state index contributed by atoms with van der Waals surface area (Å²) in [4.78, 5) is 1.79. The minimum Gasteiger partial charge on any atom is -0.395 e. The summed E-state index contributed by atoms with van der Waals surface area (Å²) in [5.41, 5.74) is -0.243. The van der Waals surface area contributed by atoms with Crippen molar-refractivity contribution in [3.05, 3.63) is 11.9 Å². The second kappa shape index (κ2) is 8.28. The van der Waals surface area contributed by atoms with Gasteiger partial charge in [-0.2, -0.15) is 0 Å². The van der Waals surface area contributed by atoms with Crippen LogP contribution in [0.3, 0.4) is 0 Å². The Bertz CT molecular complexity index is 577. The van der Waals surface area contributed by atoms with E-state index in [4.69, 9.17) is 0 Å². The van der Waals surface area contributed by atoms with Gasteiger partial charge in [-0.05, 0) is 19.3 Å². The lowest BCUT2D eigenvalue weighted by atomic mass is 9.83. The van der Waals surface area contributed by atoms with Crippen LogP contribution >= 0.6 is 0 Å². The number of aliphatic hydroxyl groups is 5. The first-order valence-corrected chi connectivity index (χ1v) is 9.47. The predicted molar refractivity (Wildman–Crippen MR) is 92.1 cm³/mol. The number of piperidine rings is 1. The summed E-state index contributed by atoms with van der Waals surface area (Å²) >= 11 is 0. The van der Waals surface area contributed by atoms with Gasteiger partial charge in [0.2, 0.25) is 0 Å². The maximum atomic E-state index is 10.7. The molecule has 0 aromatic carbocycles. The normalized spacial score (nSPS) is 32.7. The van der Waals surface area contributed by atoms with E-state index in [1.54, 1.807) is 15.8 Å². The number of hydrogen-bond donors (Lipinski definition) is 5. The minimum atomic E-state index is -1.24. The maximum absolute atomic E-state index is 10.7. The standard InChI is InChI=1S/C17H30N4O5/c22-11-12-15(24)16(25)13(23)9-20(12)7-4-8-21-10-14(18-19-21)17(26)5-2-1-3-6-17/h10,12-13,15-16,22-26H,1-9,11H2/t12-,13+,15-,16-/m1/s1. The van der Waals surface area contributed by atoms with Crippen LogP contribution in [0.1, 0.15) is 44.2 Å². The lowest BCUT2D eigenvalue weighted by Gasteiger charge is -2.43. The highest BCUT2D eigenvalue weighted by Crippen LogP contribution is 2.35. The average Bonchev–Trinajstić information content (AvgIpc) is 3.10. The van der Waals surface area contributed by atoms with E-state index in [1.807, 2.05) is 0 Å². The minimum absolute atomic E-state index is 0.200. The van der Waals surface area contributed by atoms with Crippen LogP contribution in [0.4, 0.5) is 0 Å².